The van der Waals surface area contributed by atoms with E-state index < -0.39 is 0 Å². The molecule has 3 atom stereocenters. The molecular formula is C15H24N4O2. The number of amides is 1. The van der Waals surface area contributed by atoms with Gasteiger partial charge >= 0.3 is 0 Å². The lowest BCUT2D eigenvalue weighted by atomic mass is 9.92. The minimum absolute atomic E-state index is 0.0381. The molecule has 6 nitrogen and oxygen atoms in total. The number of piperidine rings is 1. The number of rotatable bonds is 3. The predicted molar refractivity (Wildman–Crippen MR) is 77.4 cm³/mol. The largest absolute Gasteiger partial charge is 0.342 e. The van der Waals surface area contributed by atoms with Crippen LogP contribution in [0, 0.1) is 18.8 Å². The van der Waals surface area contributed by atoms with E-state index in [2.05, 4.69) is 10.1 Å². The molecule has 1 aromatic rings. The van der Waals surface area contributed by atoms with Gasteiger partial charge in [0, 0.05) is 32.5 Å². The van der Waals surface area contributed by atoms with E-state index in [9.17, 15) is 4.79 Å². The molecule has 2 heterocycles. The number of aryl methyl sites for hydroxylation is 1. The molecule has 2 N–H and O–H groups in total. The van der Waals surface area contributed by atoms with Crippen LogP contribution < -0.4 is 5.73 Å². The first-order valence-electron chi connectivity index (χ1n) is 7.97. The van der Waals surface area contributed by atoms with Gasteiger partial charge in [-0.3, -0.25) is 4.79 Å². The van der Waals surface area contributed by atoms with Crippen molar-refractivity contribution in [2.24, 2.45) is 17.6 Å². The number of likely N-dealkylation sites (tertiary alicyclic amines) is 1. The lowest BCUT2D eigenvalue weighted by molar-refractivity contribution is -0.137. The standard InChI is InChI=1S/C15H24N4O2/c1-10-17-14(18-21-10)8-11-4-3-7-19(9-11)15(20)12-5-2-6-13(12)16/h11-13H,2-9,16H2,1H3/t11-,12-,13-/m0/s1. The van der Waals surface area contributed by atoms with Crippen molar-refractivity contribution < 1.29 is 9.32 Å². The van der Waals surface area contributed by atoms with Crippen molar-refractivity contribution in [3.63, 3.8) is 0 Å². The topological polar surface area (TPSA) is 85.2 Å². The van der Waals surface area contributed by atoms with Crippen LogP contribution in [0.1, 0.15) is 43.8 Å². The molecule has 2 aliphatic rings. The summed E-state index contributed by atoms with van der Waals surface area (Å²) in [6.07, 6.45) is 5.97. The fourth-order valence-electron chi connectivity index (χ4n) is 3.64. The van der Waals surface area contributed by atoms with Crippen LogP contribution in [0.2, 0.25) is 0 Å². The summed E-state index contributed by atoms with van der Waals surface area (Å²) in [6, 6.07) is 0.0535. The van der Waals surface area contributed by atoms with Crippen molar-refractivity contribution in [1.82, 2.24) is 15.0 Å². The van der Waals surface area contributed by atoms with Crippen LogP contribution in [-0.2, 0) is 11.2 Å². The van der Waals surface area contributed by atoms with Crippen molar-refractivity contribution >= 4 is 5.91 Å². The Morgan fingerprint density at radius 1 is 1.38 bits per heavy atom. The Balaban J connectivity index is 1.58. The van der Waals surface area contributed by atoms with Crippen LogP contribution in [0.4, 0.5) is 0 Å². The molecular weight excluding hydrogens is 268 g/mol. The van der Waals surface area contributed by atoms with E-state index in [-0.39, 0.29) is 17.9 Å². The maximum Gasteiger partial charge on any atom is 0.227 e. The number of nitrogens with two attached hydrogens (primary N) is 1. The zero-order valence-corrected chi connectivity index (χ0v) is 12.6. The highest BCUT2D eigenvalue weighted by Gasteiger charge is 2.35. The van der Waals surface area contributed by atoms with Crippen LogP contribution in [-0.4, -0.2) is 40.1 Å². The lowest BCUT2D eigenvalue weighted by Crippen LogP contribution is -2.46. The third-order valence-corrected chi connectivity index (χ3v) is 4.76. The number of hydrogen-bond donors (Lipinski definition) is 1. The molecule has 1 aromatic heterocycles. The number of nitrogens with zero attached hydrogens (tertiary/aromatic N) is 3. The zero-order valence-electron chi connectivity index (χ0n) is 12.6. The van der Waals surface area contributed by atoms with Gasteiger partial charge in [-0.1, -0.05) is 11.6 Å². The Morgan fingerprint density at radius 2 is 2.24 bits per heavy atom. The van der Waals surface area contributed by atoms with Gasteiger partial charge in [0.15, 0.2) is 5.82 Å². The SMILES string of the molecule is Cc1nc(C[C@@H]2CCCN(C(=O)[C@H]3CCC[C@@H]3N)C2)no1. The molecule has 1 aliphatic heterocycles. The summed E-state index contributed by atoms with van der Waals surface area (Å²) < 4.78 is 5.02. The zero-order chi connectivity index (χ0) is 14.8. The van der Waals surface area contributed by atoms with Crippen LogP contribution in [0.25, 0.3) is 0 Å². The number of aromatic nitrogens is 2. The Bertz CT molecular complexity index is 502. The van der Waals surface area contributed by atoms with Crippen LogP contribution in [0.3, 0.4) is 0 Å². The third kappa shape index (κ3) is 3.26. The van der Waals surface area contributed by atoms with Gasteiger partial charge in [0.25, 0.3) is 0 Å². The molecule has 0 spiro atoms. The molecule has 2 fully saturated rings. The van der Waals surface area contributed by atoms with Crippen molar-refractivity contribution in [2.75, 3.05) is 13.1 Å². The van der Waals surface area contributed by atoms with Crippen LogP contribution in [0.5, 0.6) is 0 Å². The van der Waals surface area contributed by atoms with Crippen molar-refractivity contribution in [2.45, 2.75) is 51.5 Å². The van der Waals surface area contributed by atoms with Gasteiger partial charge in [-0.15, -0.1) is 0 Å². The summed E-state index contributed by atoms with van der Waals surface area (Å²) >= 11 is 0. The van der Waals surface area contributed by atoms with Crippen LogP contribution in [0.15, 0.2) is 4.52 Å². The van der Waals surface area contributed by atoms with Gasteiger partial charge in [-0.2, -0.15) is 4.98 Å². The summed E-state index contributed by atoms with van der Waals surface area (Å²) in [5, 5.41) is 3.96. The lowest BCUT2D eigenvalue weighted by Gasteiger charge is -2.34. The molecule has 1 aliphatic carbocycles. The summed E-state index contributed by atoms with van der Waals surface area (Å²) in [7, 11) is 0. The van der Waals surface area contributed by atoms with Gasteiger partial charge in [0.1, 0.15) is 0 Å². The van der Waals surface area contributed by atoms with E-state index in [0.717, 1.165) is 57.4 Å². The molecule has 116 valence electrons. The Labute approximate surface area is 125 Å². The fraction of sp³-hybridized carbons (Fsp3) is 0.800. The normalized spacial score (nSPS) is 29.8. The van der Waals surface area contributed by atoms with E-state index >= 15 is 0 Å². The van der Waals surface area contributed by atoms with E-state index in [1.54, 1.807) is 6.92 Å². The molecule has 1 amide bonds. The molecule has 0 radical (unpaired) electrons. The minimum Gasteiger partial charge on any atom is -0.342 e. The number of hydrogen-bond acceptors (Lipinski definition) is 5. The van der Waals surface area contributed by atoms with Gasteiger partial charge in [0.05, 0.1) is 5.92 Å². The van der Waals surface area contributed by atoms with Crippen molar-refractivity contribution in [3.8, 4) is 0 Å². The molecule has 1 saturated carbocycles. The van der Waals surface area contributed by atoms with Crippen molar-refractivity contribution in [1.29, 1.82) is 0 Å². The average Bonchev–Trinajstić information content (AvgIpc) is 3.07. The Hall–Kier alpha value is -1.43. The highest BCUT2D eigenvalue weighted by atomic mass is 16.5. The van der Waals surface area contributed by atoms with E-state index in [4.69, 9.17) is 10.3 Å². The Morgan fingerprint density at radius 3 is 2.90 bits per heavy atom. The Kier molecular flexibility index (Phi) is 4.24. The summed E-state index contributed by atoms with van der Waals surface area (Å²) in [5.74, 6) is 2.08. The number of carbonyl (C=O) groups is 1. The van der Waals surface area contributed by atoms with Gasteiger partial charge in [-0.25, -0.2) is 0 Å². The van der Waals surface area contributed by atoms with Gasteiger partial charge in [0.2, 0.25) is 11.8 Å². The van der Waals surface area contributed by atoms with Gasteiger partial charge < -0.3 is 15.2 Å². The molecule has 0 unspecified atom stereocenters. The molecule has 6 heteroatoms. The first kappa shape index (κ1) is 14.5. The maximum atomic E-state index is 12.6. The smallest absolute Gasteiger partial charge is 0.227 e. The second kappa shape index (κ2) is 6.13. The first-order chi connectivity index (χ1) is 10.1. The van der Waals surface area contributed by atoms with Crippen LogP contribution >= 0.6 is 0 Å². The predicted octanol–water partition coefficient (Wildman–Crippen LogP) is 1.29. The molecule has 0 aromatic carbocycles. The molecule has 3 rings (SSSR count). The first-order valence-corrected chi connectivity index (χ1v) is 7.97. The van der Waals surface area contributed by atoms with E-state index in [1.807, 2.05) is 4.90 Å². The average molecular weight is 292 g/mol. The highest BCUT2D eigenvalue weighted by Crippen LogP contribution is 2.28. The van der Waals surface area contributed by atoms with E-state index in [1.165, 1.54) is 0 Å². The second-order valence-electron chi connectivity index (χ2n) is 6.43. The summed E-state index contributed by atoms with van der Waals surface area (Å²) in [4.78, 5) is 18.9. The van der Waals surface area contributed by atoms with Crippen molar-refractivity contribution in [3.05, 3.63) is 11.7 Å². The van der Waals surface area contributed by atoms with Gasteiger partial charge in [-0.05, 0) is 31.6 Å². The molecule has 21 heavy (non-hydrogen) atoms. The quantitative estimate of drug-likeness (QED) is 0.907. The summed E-state index contributed by atoms with van der Waals surface area (Å²) in [5.41, 5.74) is 6.07. The third-order valence-electron chi connectivity index (χ3n) is 4.76. The van der Waals surface area contributed by atoms with E-state index in [0.29, 0.717) is 11.8 Å². The second-order valence-corrected chi connectivity index (χ2v) is 6.43. The molecule has 1 saturated heterocycles. The minimum atomic E-state index is 0.0381. The monoisotopic (exact) mass is 292 g/mol. The fourth-order valence-corrected chi connectivity index (χ4v) is 3.64. The molecule has 0 bridgehead atoms. The maximum absolute atomic E-state index is 12.6. The summed E-state index contributed by atoms with van der Waals surface area (Å²) in [6.45, 7) is 3.47. The highest BCUT2D eigenvalue weighted by molar-refractivity contribution is 5.80. The number of carbonyl (C=O) groups excluding carboxylic acids is 1.